The molecule has 0 bridgehead atoms. The van der Waals surface area contributed by atoms with E-state index in [1.807, 2.05) is 6.92 Å². The van der Waals surface area contributed by atoms with Crippen LogP contribution in [-0.2, 0) is 11.8 Å². The molecule has 4 nitrogen and oxygen atoms in total. The number of hydrogen-bond acceptors (Lipinski definition) is 2. The van der Waals surface area contributed by atoms with Crippen LogP contribution in [0.4, 0.5) is 10.1 Å². The van der Waals surface area contributed by atoms with Gasteiger partial charge in [0, 0.05) is 18.7 Å². The van der Waals surface area contributed by atoms with Gasteiger partial charge in [-0.1, -0.05) is 17.7 Å². The zero-order valence-corrected chi connectivity index (χ0v) is 12.7. The largest absolute Gasteiger partial charge is 0.320 e. The molecule has 0 unspecified atom stereocenters. The van der Waals surface area contributed by atoms with Crippen LogP contribution in [0.2, 0.25) is 5.15 Å². The number of hydrogen-bond donors (Lipinski definition) is 1. The first-order chi connectivity index (χ1) is 9.88. The van der Waals surface area contributed by atoms with Crippen molar-refractivity contribution >= 4 is 29.3 Å². The van der Waals surface area contributed by atoms with Crippen molar-refractivity contribution in [1.82, 2.24) is 9.78 Å². The number of aryl methyl sites for hydroxylation is 3. The summed E-state index contributed by atoms with van der Waals surface area (Å²) in [6, 6.07) is 4.53. The van der Waals surface area contributed by atoms with E-state index in [9.17, 15) is 9.18 Å². The van der Waals surface area contributed by atoms with E-state index in [-0.39, 0.29) is 5.69 Å². The van der Waals surface area contributed by atoms with E-state index in [2.05, 4.69) is 10.4 Å². The Bertz CT molecular complexity index is 722. The Balaban J connectivity index is 2.15. The molecule has 1 N–H and O–H groups in total. The minimum Gasteiger partial charge on any atom is -0.320 e. The van der Waals surface area contributed by atoms with Gasteiger partial charge in [-0.15, -0.1) is 0 Å². The van der Waals surface area contributed by atoms with E-state index in [0.717, 1.165) is 5.56 Å². The van der Waals surface area contributed by atoms with Gasteiger partial charge >= 0.3 is 0 Å². The molecule has 0 aliphatic carbocycles. The van der Waals surface area contributed by atoms with Crippen molar-refractivity contribution in [3.05, 3.63) is 52.1 Å². The third kappa shape index (κ3) is 3.49. The Kier molecular flexibility index (Phi) is 4.43. The van der Waals surface area contributed by atoms with Crippen molar-refractivity contribution in [3.63, 3.8) is 0 Å². The Morgan fingerprint density at radius 3 is 2.76 bits per heavy atom. The molecule has 0 fully saturated rings. The van der Waals surface area contributed by atoms with Crippen LogP contribution in [0, 0.1) is 19.7 Å². The van der Waals surface area contributed by atoms with E-state index in [1.54, 1.807) is 32.2 Å². The van der Waals surface area contributed by atoms with Gasteiger partial charge in [-0.05, 0) is 37.6 Å². The summed E-state index contributed by atoms with van der Waals surface area (Å²) in [5.74, 6) is -0.906. The first-order valence-electron chi connectivity index (χ1n) is 6.33. The molecule has 1 heterocycles. The monoisotopic (exact) mass is 307 g/mol. The van der Waals surface area contributed by atoms with Crippen molar-refractivity contribution in [2.45, 2.75) is 13.8 Å². The van der Waals surface area contributed by atoms with Gasteiger partial charge in [0.1, 0.15) is 11.0 Å². The van der Waals surface area contributed by atoms with E-state index >= 15 is 0 Å². The Morgan fingerprint density at radius 1 is 1.43 bits per heavy atom. The SMILES string of the molecule is Cc1ccc(F)c(NC(=O)/C=C/c2c(C)nn(C)c2Cl)c1. The zero-order chi connectivity index (χ0) is 15.6. The van der Waals surface area contributed by atoms with Crippen LogP contribution in [0.25, 0.3) is 6.08 Å². The number of aromatic nitrogens is 2. The molecule has 6 heteroatoms. The van der Waals surface area contributed by atoms with Crippen LogP contribution in [0.1, 0.15) is 16.8 Å². The topological polar surface area (TPSA) is 46.9 Å². The van der Waals surface area contributed by atoms with Crippen LogP contribution >= 0.6 is 11.6 Å². The van der Waals surface area contributed by atoms with Gasteiger partial charge in [0.05, 0.1) is 11.4 Å². The van der Waals surface area contributed by atoms with Gasteiger partial charge in [0.15, 0.2) is 0 Å². The van der Waals surface area contributed by atoms with Gasteiger partial charge in [-0.25, -0.2) is 4.39 Å². The molecule has 1 aromatic carbocycles. The van der Waals surface area contributed by atoms with Crippen LogP contribution in [0.5, 0.6) is 0 Å². The lowest BCUT2D eigenvalue weighted by Gasteiger charge is -2.04. The number of rotatable bonds is 3. The van der Waals surface area contributed by atoms with Crippen LogP contribution in [0.3, 0.4) is 0 Å². The second-order valence-electron chi connectivity index (χ2n) is 4.72. The van der Waals surface area contributed by atoms with Crippen molar-refractivity contribution in [2.24, 2.45) is 7.05 Å². The molecule has 0 saturated heterocycles. The first-order valence-corrected chi connectivity index (χ1v) is 6.70. The van der Waals surface area contributed by atoms with E-state index < -0.39 is 11.7 Å². The second kappa shape index (κ2) is 6.10. The molecule has 0 aliphatic rings. The molecule has 2 rings (SSSR count). The summed E-state index contributed by atoms with van der Waals surface area (Å²) in [4.78, 5) is 11.8. The molecule has 1 amide bonds. The van der Waals surface area contributed by atoms with Crippen molar-refractivity contribution in [1.29, 1.82) is 0 Å². The maximum Gasteiger partial charge on any atom is 0.248 e. The lowest BCUT2D eigenvalue weighted by atomic mass is 10.2. The summed E-state index contributed by atoms with van der Waals surface area (Å²) in [6.07, 6.45) is 2.87. The lowest BCUT2D eigenvalue weighted by Crippen LogP contribution is -2.09. The Labute approximate surface area is 127 Å². The van der Waals surface area contributed by atoms with Gasteiger partial charge in [-0.3, -0.25) is 9.48 Å². The molecule has 2 aromatic rings. The normalized spacial score (nSPS) is 11.1. The van der Waals surface area contributed by atoms with Crippen LogP contribution in [-0.4, -0.2) is 15.7 Å². The first kappa shape index (κ1) is 15.3. The molecular formula is C15H15ClFN3O. The number of nitrogens with one attached hydrogen (secondary N) is 1. The zero-order valence-electron chi connectivity index (χ0n) is 11.9. The predicted octanol–water partition coefficient (Wildman–Crippen LogP) is 3.48. The molecule has 0 spiro atoms. The number of carbonyl (C=O) groups is 1. The number of amides is 1. The Morgan fingerprint density at radius 2 is 2.14 bits per heavy atom. The van der Waals surface area contributed by atoms with Crippen molar-refractivity contribution in [3.8, 4) is 0 Å². The summed E-state index contributed by atoms with van der Waals surface area (Å²) in [5.41, 5.74) is 2.40. The molecule has 0 radical (unpaired) electrons. The molecule has 21 heavy (non-hydrogen) atoms. The standard InChI is InChI=1S/C15H15ClFN3O/c1-9-4-6-12(17)13(8-9)18-14(21)7-5-11-10(2)19-20(3)15(11)16/h4-8H,1-3H3,(H,18,21)/b7-5+. The fraction of sp³-hybridized carbons (Fsp3) is 0.200. The van der Waals surface area contributed by atoms with Crippen LogP contribution in [0.15, 0.2) is 24.3 Å². The average Bonchev–Trinajstić information content (AvgIpc) is 2.66. The molecule has 110 valence electrons. The summed E-state index contributed by atoms with van der Waals surface area (Å²) >= 11 is 6.06. The fourth-order valence-electron chi connectivity index (χ4n) is 1.90. The molecule has 1 aromatic heterocycles. The third-order valence-corrected chi connectivity index (χ3v) is 3.43. The van der Waals surface area contributed by atoms with Crippen molar-refractivity contribution < 1.29 is 9.18 Å². The summed E-state index contributed by atoms with van der Waals surface area (Å²) in [5, 5.41) is 7.08. The second-order valence-corrected chi connectivity index (χ2v) is 5.08. The van der Waals surface area contributed by atoms with Gasteiger partial charge in [0.25, 0.3) is 0 Å². The number of carbonyl (C=O) groups excluding carboxylic acids is 1. The van der Waals surface area contributed by atoms with Crippen molar-refractivity contribution in [2.75, 3.05) is 5.32 Å². The average molecular weight is 308 g/mol. The highest BCUT2D eigenvalue weighted by atomic mass is 35.5. The molecule has 0 atom stereocenters. The van der Waals surface area contributed by atoms with E-state index in [0.29, 0.717) is 16.4 Å². The number of halogens is 2. The Hall–Kier alpha value is -2.14. The maximum atomic E-state index is 13.6. The summed E-state index contributed by atoms with van der Waals surface area (Å²) in [6.45, 7) is 3.62. The fourth-order valence-corrected chi connectivity index (χ4v) is 2.14. The highest BCUT2D eigenvalue weighted by Gasteiger charge is 2.09. The number of anilines is 1. The molecule has 0 aliphatic heterocycles. The highest BCUT2D eigenvalue weighted by Crippen LogP contribution is 2.20. The third-order valence-electron chi connectivity index (χ3n) is 2.98. The minimum atomic E-state index is -0.474. The molecular weight excluding hydrogens is 293 g/mol. The van der Waals surface area contributed by atoms with Gasteiger partial charge in [0.2, 0.25) is 5.91 Å². The smallest absolute Gasteiger partial charge is 0.248 e. The van der Waals surface area contributed by atoms with Gasteiger partial charge in [-0.2, -0.15) is 5.10 Å². The molecule has 0 saturated carbocycles. The predicted molar refractivity (Wildman–Crippen MR) is 81.8 cm³/mol. The summed E-state index contributed by atoms with van der Waals surface area (Å²) < 4.78 is 15.1. The van der Waals surface area contributed by atoms with E-state index in [4.69, 9.17) is 11.6 Å². The number of nitrogens with zero attached hydrogens (tertiary/aromatic N) is 2. The highest BCUT2D eigenvalue weighted by molar-refractivity contribution is 6.31. The lowest BCUT2D eigenvalue weighted by molar-refractivity contribution is -0.111. The maximum absolute atomic E-state index is 13.6. The number of benzene rings is 1. The van der Waals surface area contributed by atoms with E-state index in [1.165, 1.54) is 16.8 Å². The van der Waals surface area contributed by atoms with Gasteiger partial charge < -0.3 is 5.32 Å². The quantitative estimate of drug-likeness (QED) is 0.882. The summed E-state index contributed by atoms with van der Waals surface area (Å²) in [7, 11) is 1.72. The van der Waals surface area contributed by atoms with Crippen LogP contribution < -0.4 is 5.32 Å². The minimum absolute atomic E-state index is 0.152.